The van der Waals surface area contributed by atoms with E-state index in [1.54, 1.807) is 6.07 Å². The second-order valence-electron chi connectivity index (χ2n) is 3.70. The Balaban J connectivity index is 2.52. The minimum atomic E-state index is -0.126. The van der Waals surface area contributed by atoms with E-state index in [1.165, 1.54) is 11.3 Å². The molecule has 0 unspecified atom stereocenters. The first-order valence-electron chi connectivity index (χ1n) is 5.03. The number of ketones is 1. The first-order valence-corrected chi connectivity index (χ1v) is 5.84. The molecule has 1 heterocycles. The molecule has 1 aromatic heterocycles. The summed E-state index contributed by atoms with van der Waals surface area (Å²) in [6.07, 6.45) is 4.03. The zero-order valence-corrected chi connectivity index (χ0v) is 9.21. The summed E-state index contributed by atoms with van der Waals surface area (Å²) in [6, 6.07) is 7.42. The Bertz CT molecular complexity index is 680. The molecule has 0 saturated carbocycles. The SMILES string of the molecule is O=C1CC=Cc2sc3ccccc3c(=O)c21. The normalized spacial score (nSPS) is 14.1. The average molecular weight is 228 g/mol. The first kappa shape index (κ1) is 9.48. The van der Waals surface area contributed by atoms with Gasteiger partial charge < -0.3 is 0 Å². The highest BCUT2D eigenvalue weighted by Crippen LogP contribution is 2.26. The van der Waals surface area contributed by atoms with Gasteiger partial charge >= 0.3 is 0 Å². The van der Waals surface area contributed by atoms with Gasteiger partial charge in [0.05, 0.1) is 5.56 Å². The molecule has 0 atom stereocenters. The van der Waals surface area contributed by atoms with Crippen molar-refractivity contribution in [3.63, 3.8) is 0 Å². The Labute approximate surface area is 95.9 Å². The van der Waals surface area contributed by atoms with Crippen LogP contribution in [-0.2, 0) is 0 Å². The zero-order valence-electron chi connectivity index (χ0n) is 8.40. The largest absolute Gasteiger partial charge is 0.294 e. The molecule has 0 bridgehead atoms. The third kappa shape index (κ3) is 1.25. The van der Waals surface area contributed by atoms with Crippen LogP contribution in [0, 0.1) is 0 Å². The maximum Gasteiger partial charge on any atom is 0.199 e. The van der Waals surface area contributed by atoms with Gasteiger partial charge in [0.2, 0.25) is 0 Å². The molecule has 78 valence electrons. The van der Waals surface area contributed by atoms with E-state index in [0.717, 1.165) is 9.58 Å². The van der Waals surface area contributed by atoms with E-state index >= 15 is 0 Å². The number of hydrogen-bond donors (Lipinski definition) is 0. The van der Waals surface area contributed by atoms with Crippen molar-refractivity contribution in [3.8, 4) is 0 Å². The zero-order chi connectivity index (χ0) is 11.1. The van der Waals surface area contributed by atoms with Crippen molar-refractivity contribution in [1.29, 1.82) is 0 Å². The quantitative estimate of drug-likeness (QED) is 0.694. The number of allylic oxidation sites excluding steroid dienone is 1. The number of carbonyl (C=O) groups excluding carboxylic acids is 1. The van der Waals surface area contributed by atoms with Gasteiger partial charge in [-0.15, -0.1) is 11.3 Å². The fraction of sp³-hybridized carbons (Fsp3) is 0.0769. The van der Waals surface area contributed by atoms with Crippen molar-refractivity contribution in [1.82, 2.24) is 0 Å². The maximum absolute atomic E-state index is 12.1. The van der Waals surface area contributed by atoms with Crippen LogP contribution in [0.1, 0.15) is 21.7 Å². The fourth-order valence-corrected chi connectivity index (χ4v) is 3.04. The van der Waals surface area contributed by atoms with E-state index < -0.39 is 0 Å². The molecule has 0 N–H and O–H groups in total. The molecule has 0 fully saturated rings. The van der Waals surface area contributed by atoms with Crippen LogP contribution in [-0.4, -0.2) is 5.78 Å². The van der Waals surface area contributed by atoms with Crippen LogP contribution in [0.3, 0.4) is 0 Å². The fourth-order valence-electron chi connectivity index (χ4n) is 1.92. The van der Waals surface area contributed by atoms with Crippen LogP contribution in [0.5, 0.6) is 0 Å². The summed E-state index contributed by atoms with van der Waals surface area (Å²) in [5.41, 5.74) is 0.241. The minimum absolute atomic E-state index is 0.0653. The van der Waals surface area contributed by atoms with Gasteiger partial charge in [-0.1, -0.05) is 18.2 Å². The molecule has 0 aliphatic heterocycles. The summed E-state index contributed by atoms with van der Waals surface area (Å²) >= 11 is 1.50. The lowest BCUT2D eigenvalue weighted by Crippen LogP contribution is -2.17. The van der Waals surface area contributed by atoms with Gasteiger partial charge in [-0.3, -0.25) is 9.59 Å². The number of fused-ring (bicyclic) bond motifs is 2. The summed E-state index contributed by atoms with van der Waals surface area (Å²) in [4.78, 5) is 24.6. The van der Waals surface area contributed by atoms with Crippen molar-refractivity contribution >= 4 is 33.3 Å². The molecule has 1 aromatic carbocycles. The summed E-state index contributed by atoms with van der Waals surface area (Å²) in [6.45, 7) is 0. The second kappa shape index (κ2) is 3.39. The van der Waals surface area contributed by atoms with Crippen LogP contribution in [0.25, 0.3) is 16.2 Å². The number of hydrogen-bond acceptors (Lipinski definition) is 3. The molecule has 2 nitrogen and oxygen atoms in total. The van der Waals surface area contributed by atoms with Crippen molar-refractivity contribution in [2.45, 2.75) is 6.42 Å². The van der Waals surface area contributed by atoms with Crippen LogP contribution in [0.4, 0.5) is 0 Å². The first-order chi connectivity index (χ1) is 7.77. The lowest BCUT2D eigenvalue weighted by atomic mass is 10.0. The van der Waals surface area contributed by atoms with Gasteiger partial charge in [0, 0.05) is 21.4 Å². The molecular formula is C13H8O2S. The average Bonchev–Trinajstić information content (AvgIpc) is 2.29. The lowest BCUT2D eigenvalue weighted by molar-refractivity contribution is 0.0994. The maximum atomic E-state index is 12.1. The van der Waals surface area contributed by atoms with E-state index in [9.17, 15) is 9.59 Å². The molecule has 3 rings (SSSR count). The van der Waals surface area contributed by atoms with Crippen molar-refractivity contribution in [3.05, 3.63) is 51.0 Å². The third-order valence-corrected chi connectivity index (χ3v) is 3.81. The highest BCUT2D eigenvalue weighted by Gasteiger charge is 2.19. The van der Waals surface area contributed by atoms with Gasteiger partial charge in [0.1, 0.15) is 0 Å². The molecule has 16 heavy (non-hydrogen) atoms. The van der Waals surface area contributed by atoms with Crippen molar-refractivity contribution in [2.24, 2.45) is 0 Å². The third-order valence-electron chi connectivity index (χ3n) is 2.68. The molecule has 1 aliphatic carbocycles. The molecule has 0 saturated heterocycles. The van der Waals surface area contributed by atoms with Gasteiger partial charge in [0.25, 0.3) is 0 Å². The van der Waals surface area contributed by atoms with E-state index in [2.05, 4.69) is 0 Å². The molecule has 0 radical (unpaired) electrons. The van der Waals surface area contributed by atoms with Gasteiger partial charge in [0.15, 0.2) is 11.2 Å². The predicted molar refractivity (Wildman–Crippen MR) is 66.1 cm³/mol. The molecule has 0 amide bonds. The number of carbonyl (C=O) groups is 1. The highest BCUT2D eigenvalue weighted by atomic mass is 32.1. The van der Waals surface area contributed by atoms with Gasteiger partial charge in [-0.25, -0.2) is 0 Å². The standard InChI is InChI=1S/C13H8O2S/c14-9-5-3-7-11-12(9)13(15)8-4-1-2-6-10(8)16-11/h1-4,6-7H,5H2. The van der Waals surface area contributed by atoms with E-state index in [4.69, 9.17) is 0 Å². The molecule has 3 heteroatoms. The summed E-state index contributed by atoms with van der Waals surface area (Å²) < 4.78 is 0.936. The molecular weight excluding hydrogens is 220 g/mol. The van der Waals surface area contributed by atoms with Gasteiger partial charge in [-0.2, -0.15) is 0 Å². The summed E-state index contributed by atoms with van der Waals surface area (Å²) in [7, 11) is 0. The van der Waals surface area contributed by atoms with Gasteiger partial charge in [-0.05, 0) is 18.2 Å². The predicted octanol–water partition coefficient (Wildman–Crippen LogP) is 2.86. The van der Waals surface area contributed by atoms with E-state index in [0.29, 0.717) is 17.4 Å². The topological polar surface area (TPSA) is 34.1 Å². The molecule has 1 aliphatic rings. The van der Waals surface area contributed by atoms with Crippen molar-refractivity contribution in [2.75, 3.05) is 0 Å². The molecule has 0 spiro atoms. The summed E-state index contributed by atoms with van der Waals surface area (Å²) in [5.74, 6) is -0.0653. The Kier molecular flexibility index (Phi) is 2.01. The van der Waals surface area contributed by atoms with Crippen LogP contribution < -0.4 is 5.43 Å². The Morgan fingerprint density at radius 1 is 1.12 bits per heavy atom. The highest BCUT2D eigenvalue weighted by molar-refractivity contribution is 7.19. The van der Waals surface area contributed by atoms with Crippen molar-refractivity contribution < 1.29 is 4.79 Å². The van der Waals surface area contributed by atoms with Crippen LogP contribution in [0.2, 0.25) is 0 Å². The Hall–Kier alpha value is -1.74. The van der Waals surface area contributed by atoms with Crippen LogP contribution in [0.15, 0.2) is 35.1 Å². The number of Topliss-reactive ketones (excluding diaryl/α,β-unsaturated/α-hetero) is 1. The smallest absolute Gasteiger partial charge is 0.199 e. The number of rotatable bonds is 0. The number of benzene rings is 1. The Morgan fingerprint density at radius 3 is 2.81 bits per heavy atom. The minimum Gasteiger partial charge on any atom is -0.294 e. The monoisotopic (exact) mass is 228 g/mol. The second-order valence-corrected chi connectivity index (χ2v) is 4.78. The van der Waals surface area contributed by atoms with E-state index in [-0.39, 0.29) is 11.2 Å². The Morgan fingerprint density at radius 2 is 1.94 bits per heavy atom. The lowest BCUT2D eigenvalue weighted by Gasteiger charge is -2.08. The van der Waals surface area contributed by atoms with Crippen LogP contribution >= 0.6 is 11.3 Å². The molecule has 2 aromatic rings. The van der Waals surface area contributed by atoms with E-state index in [1.807, 2.05) is 30.4 Å². The summed E-state index contributed by atoms with van der Waals surface area (Å²) in [5, 5.41) is 0.648.